The first-order valence-electron chi connectivity index (χ1n) is 7.21. The standard InChI is InChI=1S/C17H20N4/c1-5-14-15(11-18)17(20-19-16(14)6-2)21(4)13-9-7-8-12(3)10-13/h7-10H,5-6H2,1-4H3. The number of aromatic nitrogens is 2. The molecule has 0 unspecified atom stereocenters. The van der Waals surface area contributed by atoms with Crippen molar-refractivity contribution in [3.63, 3.8) is 0 Å². The third-order valence-electron chi connectivity index (χ3n) is 3.65. The highest BCUT2D eigenvalue weighted by atomic mass is 15.3. The van der Waals surface area contributed by atoms with E-state index in [1.165, 1.54) is 5.56 Å². The minimum absolute atomic E-state index is 0.622. The molecular weight excluding hydrogens is 260 g/mol. The molecule has 0 bridgehead atoms. The predicted octanol–water partition coefficient (Wildman–Crippen LogP) is 3.55. The highest BCUT2D eigenvalue weighted by Crippen LogP contribution is 2.28. The Hall–Kier alpha value is -2.41. The van der Waals surface area contributed by atoms with Crippen LogP contribution in [-0.4, -0.2) is 17.2 Å². The van der Waals surface area contributed by atoms with Crippen molar-refractivity contribution >= 4 is 11.5 Å². The van der Waals surface area contributed by atoms with Gasteiger partial charge in [0.15, 0.2) is 5.82 Å². The molecule has 0 aliphatic rings. The van der Waals surface area contributed by atoms with E-state index < -0.39 is 0 Å². The molecule has 0 atom stereocenters. The van der Waals surface area contributed by atoms with E-state index in [-0.39, 0.29) is 0 Å². The lowest BCUT2D eigenvalue weighted by atomic mass is 10.0. The third kappa shape index (κ3) is 2.87. The molecule has 21 heavy (non-hydrogen) atoms. The summed E-state index contributed by atoms with van der Waals surface area (Å²) in [4.78, 5) is 1.93. The fourth-order valence-electron chi connectivity index (χ4n) is 2.47. The van der Waals surface area contributed by atoms with Crippen LogP contribution in [0.3, 0.4) is 0 Å². The quantitative estimate of drug-likeness (QED) is 0.859. The Labute approximate surface area is 126 Å². The summed E-state index contributed by atoms with van der Waals surface area (Å²) in [6.45, 7) is 6.13. The molecule has 0 aliphatic heterocycles. The van der Waals surface area contributed by atoms with E-state index in [1.54, 1.807) is 0 Å². The number of hydrogen-bond acceptors (Lipinski definition) is 4. The van der Waals surface area contributed by atoms with Gasteiger partial charge in [-0.05, 0) is 43.0 Å². The molecule has 0 amide bonds. The van der Waals surface area contributed by atoms with E-state index in [0.29, 0.717) is 11.4 Å². The highest BCUT2D eigenvalue weighted by Gasteiger charge is 2.18. The van der Waals surface area contributed by atoms with Crippen molar-refractivity contribution in [1.82, 2.24) is 10.2 Å². The Kier molecular flexibility index (Phi) is 4.54. The lowest BCUT2D eigenvalue weighted by Crippen LogP contribution is -2.16. The summed E-state index contributed by atoms with van der Waals surface area (Å²) in [5.74, 6) is 0.622. The zero-order valence-corrected chi connectivity index (χ0v) is 13.0. The van der Waals surface area contributed by atoms with Crippen molar-refractivity contribution in [3.05, 3.63) is 46.6 Å². The van der Waals surface area contributed by atoms with Crippen LogP contribution in [0.4, 0.5) is 11.5 Å². The summed E-state index contributed by atoms with van der Waals surface area (Å²) >= 11 is 0. The molecule has 1 heterocycles. The van der Waals surface area contributed by atoms with Crippen molar-refractivity contribution < 1.29 is 0 Å². The molecule has 0 aliphatic carbocycles. The van der Waals surface area contributed by atoms with Crippen LogP contribution in [0, 0.1) is 18.3 Å². The molecular formula is C17H20N4. The monoisotopic (exact) mass is 280 g/mol. The van der Waals surface area contributed by atoms with Gasteiger partial charge in [-0.25, -0.2) is 0 Å². The first-order chi connectivity index (χ1) is 10.1. The van der Waals surface area contributed by atoms with Gasteiger partial charge in [0.25, 0.3) is 0 Å². The Morgan fingerprint density at radius 1 is 1.19 bits per heavy atom. The van der Waals surface area contributed by atoms with Crippen LogP contribution in [0.25, 0.3) is 0 Å². The summed E-state index contributed by atoms with van der Waals surface area (Å²) < 4.78 is 0. The number of hydrogen-bond donors (Lipinski definition) is 0. The normalized spacial score (nSPS) is 10.2. The highest BCUT2D eigenvalue weighted by molar-refractivity contribution is 5.67. The first kappa shape index (κ1) is 15.0. The van der Waals surface area contributed by atoms with Crippen LogP contribution in [-0.2, 0) is 12.8 Å². The average Bonchev–Trinajstić information content (AvgIpc) is 2.52. The third-order valence-corrected chi connectivity index (χ3v) is 3.65. The fourth-order valence-corrected chi connectivity index (χ4v) is 2.47. The van der Waals surface area contributed by atoms with E-state index in [9.17, 15) is 5.26 Å². The van der Waals surface area contributed by atoms with Gasteiger partial charge in [-0.15, -0.1) is 5.10 Å². The van der Waals surface area contributed by atoms with E-state index in [4.69, 9.17) is 0 Å². The predicted molar refractivity (Wildman–Crippen MR) is 84.7 cm³/mol. The van der Waals surface area contributed by atoms with E-state index in [0.717, 1.165) is 29.8 Å². The van der Waals surface area contributed by atoms with Crippen molar-refractivity contribution in [2.75, 3.05) is 11.9 Å². The second-order valence-electron chi connectivity index (χ2n) is 5.04. The van der Waals surface area contributed by atoms with Gasteiger partial charge in [0.1, 0.15) is 11.6 Å². The zero-order chi connectivity index (χ0) is 15.4. The first-order valence-corrected chi connectivity index (χ1v) is 7.21. The lowest BCUT2D eigenvalue weighted by Gasteiger charge is -2.21. The molecule has 0 saturated carbocycles. The Morgan fingerprint density at radius 2 is 1.95 bits per heavy atom. The van der Waals surface area contributed by atoms with Gasteiger partial charge in [-0.2, -0.15) is 10.4 Å². The summed E-state index contributed by atoms with van der Waals surface area (Å²) in [6, 6.07) is 10.4. The molecule has 0 fully saturated rings. The smallest absolute Gasteiger partial charge is 0.173 e. The molecule has 0 spiro atoms. The maximum Gasteiger partial charge on any atom is 0.173 e. The van der Waals surface area contributed by atoms with Gasteiger partial charge in [0, 0.05) is 12.7 Å². The second-order valence-corrected chi connectivity index (χ2v) is 5.04. The molecule has 0 N–H and O–H groups in total. The topological polar surface area (TPSA) is 52.8 Å². The number of nitriles is 1. The van der Waals surface area contributed by atoms with E-state index in [1.807, 2.05) is 50.9 Å². The summed E-state index contributed by atoms with van der Waals surface area (Å²) in [5.41, 5.74) is 4.73. The molecule has 108 valence electrons. The van der Waals surface area contributed by atoms with Crippen LogP contribution in [0.5, 0.6) is 0 Å². The van der Waals surface area contributed by atoms with E-state index in [2.05, 4.69) is 22.3 Å². The number of rotatable bonds is 4. The minimum Gasteiger partial charge on any atom is -0.327 e. The van der Waals surface area contributed by atoms with Crippen molar-refractivity contribution in [2.45, 2.75) is 33.6 Å². The van der Waals surface area contributed by atoms with Gasteiger partial charge in [-0.1, -0.05) is 26.0 Å². The van der Waals surface area contributed by atoms with Gasteiger partial charge < -0.3 is 4.90 Å². The van der Waals surface area contributed by atoms with Gasteiger partial charge in [0.05, 0.1) is 5.69 Å². The minimum atomic E-state index is 0.622. The second kappa shape index (κ2) is 6.36. The Morgan fingerprint density at radius 3 is 2.52 bits per heavy atom. The fraction of sp³-hybridized carbons (Fsp3) is 0.353. The number of benzene rings is 1. The van der Waals surface area contributed by atoms with Crippen LogP contribution in [0.1, 0.15) is 36.2 Å². The maximum absolute atomic E-state index is 9.56. The maximum atomic E-state index is 9.56. The van der Waals surface area contributed by atoms with E-state index >= 15 is 0 Å². The van der Waals surface area contributed by atoms with Crippen LogP contribution in [0.2, 0.25) is 0 Å². The largest absolute Gasteiger partial charge is 0.327 e. The van der Waals surface area contributed by atoms with Gasteiger partial charge in [0.2, 0.25) is 0 Å². The molecule has 4 nitrogen and oxygen atoms in total. The Balaban J connectivity index is 2.56. The molecule has 4 heteroatoms. The van der Waals surface area contributed by atoms with Gasteiger partial charge in [-0.3, -0.25) is 0 Å². The number of aryl methyl sites for hydroxylation is 2. The lowest BCUT2D eigenvalue weighted by molar-refractivity contribution is 0.862. The van der Waals surface area contributed by atoms with Crippen LogP contribution in [0.15, 0.2) is 24.3 Å². The van der Waals surface area contributed by atoms with Crippen molar-refractivity contribution in [1.29, 1.82) is 5.26 Å². The summed E-state index contributed by atoms with van der Waals surface area (Å²) in [7, 11) is 1.92. The Bertz CT molecular complexity index is 686. The van der Waals surface area contributed by atoms with Crippen LogP contribution < -0.4 is 4.90 Å². The van der Waals surface area contributed by atoms with Crippen molar-refractivity contribution in [3.8, 4) is 6.07 Å². The molecule has 2 rings (SSSR count). The number of anilines is 2. The SMILES string of the molecule is CCc1nnc(N(C)c2cccc(C)c2)c(C#N)c1CC. The molecule has 2 aromatic rings. The van der Waals surface area contributed by atoms with Gasteiger partial charge >= 0.3 is 0 Å². The molecule has 0 saturated heterocycles. The summed E-state index contributed by atoms with van der Waals surface area (Å²) in [5, 5.41) is 18.1. The molecule has 0 radical (unpaired) electrons. The summed E-state index contributed by atoms with van der Waals surface area (Å²) in [6.07, 6.45) is 1.58. The average molecular weight is 280 g/mol. The zero-order valence-electron chi connectivity index (χ0n) is 13.0. The van der Waals surface area contributed by atoms with Crippen LogP contribution >= 0.6 is 0 Å². The molecule has 1 aromatic carbocycles. The number of nitrogens with zero attached hydrogens (tertiary/aromatic N) is 4. The van der Waals surface area contributed by atoms with Crippen molar-refractivity contribution in [2.24, 2.45) is 0 Å². The molecule has 1 aromatic heterocycles.